The van der Waals surface area contributed by atoms with Crippen LogP contribution in [0.2, 0.25) is 18.1 Å². The van der Waals surface area contributed by atoms with Crippen molar-refractivity contribution < 1.29 is 80.9 Å². The number of carbonyl (C=O) groups is 6. The van der Waals surface area contributed by atoms with Crippen LogP contribution in [0.15, 0.2) is 54.1 Å². The van der Waals surface area contributed by atoms with Gasteiger partial charge >= 0.3 is 29.8 Å². The van der Waals surface area contributed by atoms with Crippen molar-refractivity contribution in [2.45, 2.75) is 239 Å². The van der Waals surface area contributed by atoms with Crippen LogP contribution in [0.4, 0.5) is 0 Å². The van der Waals surface area contributed by atoms with Gasteiger partial charge in [0.25, 0.3) is 0 Å². The van der Waals surface area contributed by atoms with E-state index >= 15 is 0 Å². The number of aldehydes is 1. The Morgan fingerprint density at radius 2 is 1.57 bits per heavy atom. The van der Waals surface area contributed by atoms with Crippen molar-refractivity contribution in [3.8, 4) is 0 Å². The number of hydrogen-bond acceptors (Lipinski definition) is 17. The predicted octanol–water partition coefficient (Wildman–Crippen LogP) is 11.2. The Morgan fingerprint density at radius 3 is 2.17 bits per heavy atom. The zero-order valence-electron chi connectivity index (χ0n) is 51.1. The largest absolute Gasteiger partial charge is 0.466 e. The van der Waals surface area contributed by atoms with Crippen molar-refractivity contribution in [1.29, 1.82) is 0 Å². The Kier molecular flexibility index (Phi) is 26.3. The number of ether oxygens (including phenoxy) is 9. The summed E-state index contributed by atoms with van der Waals surface area (Å²) in [4.78, 5) is 79.1. The summed E-state index contributed by atoms with van der Waals surface area (Å²) in [6.07, 6.45) is 2.63. The summed E-state index contributed by atoms with van der Waals surface area (Å²) in [6.45, 7) is 27.8. The molecule has 2 saturated heterocycles. The summed E-state index contributed by atoms with van der Waals surface area (Å²) >= 11 is 5.83. The fourth-order valence-corrected chi connectivity index (χ4v) is 12.2. The highest BCUT2D eigenvalue weighted by atomic mass is 35.5. The lowest BCUT2D eigenvalue weighted by atomic mass is 9.72. The standard InChI is InChI=1S/C62H97ClO17Si/c1-16-52(65)77-57-45(33-53(66)71-13)32-47(79-62(57,70)60(11,12)29-21-30-64)34-50(43(5)72-39-44-22-18-17-19-23-44)75-54(67)35-48(80-81(14,15)58(6,7)8)36-55(68)76-51(59(9,10)40-73-56(69)38-63)25-20-24-46-28-31-74-61(78-46)37-42(4)26-27-49(61)41(2)3/h17-19,21-23,29-30,33,41-43,46-51,57,70H,16,20,24-28,31-32,34-40H2,1-15H3/b29-21+,45-33+/t42-,43-,46-,47+,48+,49+,50-,51+,57+,61?,62-/m1/s1. The Balaban J connectivity index is 1.66. The first-order valence-corrected chi connectivity index (χ1v) is 32.6. The molecule has 2 heterocycles. The molecule has 1 unspecified atom stereocenters. The first kappa shape index (κ1) is 69.5. The molecule has 1 saturated carbocycles. The summed E-state index contributed by atoms with van der Waals surface area (Å²) in [6, 6.07) is 9.41. The van der Waals surface area contributed by atoms with Crippen molar-refractivity contribution in [1.82, 2.24) is 0 Å². The van der Waals surface area contributed by atoms with Gasteiger partial charge in [-0.25, -0.2) is 4.79 Å². The number of aliphatic hydroxyl groups is 1. The lowest BCUT2D eigenvalue weighted by molar-refractivity contribution is -0.339. The second kappa shape index (κ2) is 30.7. The molecule has 0 bridgehead atoms. The second-order valence-electron chi connectivity index (χ2n) is 25.6. The van der Waals surface area contributed by atoms with E-state index in [9.17, 15) is 33.9 Å². The average molecular weight is 1180 g/mol. The molecule has 0 amide bonds. The summed E-state index contributed by atoms with van der Waals surface area (Å²) < 4.78 is 62.4. The van der Waals surface area contributed by atoms with E-state index in [1.54, 1.807) is 27.7 Å². The summed E-state index contributed by atoms with van der Waals surface area (Å²) in [7, 11) is -1.52. The topological polar surface area (TPSA) is 215 Å². The number of benzene rings is 1. The maximum absolute atomic E-state index is 14.7. The van der Waals surface area contributed by atoms with Gasteiger partial charge in [-0.1, -0.05) is 119 Å². The van der Waals surface area contributed by atoms with Crippen molar-refractivity contribution in [2.24, 2.45) is 28.6 Å². The number of alkyl halides is 1. The summed E-state index contributed by atoms with van der Waals surface area (Å²) in [5, 5.41) is 12.4. The highest BCUT2D eigenvalue weighted by molar-refractivity contribution is 6.74. The van der Waals surface area contributed by atoms with E-state index in [1.165, 1.54) is 19.3 Å². The van der Waals surface area contributed by atoms with E-state index < -0.39 is 97.2 Å². The van der Waals surface area contributed by atoms with Gasteiger partial charge in [0, 0.05) is 42.1 Å². The van der Waals surface area contributed by atoms with Crippen molar-refractivity contribution in [2.75, 3.05) is 26.2 Å². The molecular formula is C62H97ClO17Si. The first-order valence-electron chi connectivity index (χ1n) is 29.1. The van der Waals surface area contributed by atoms with E-state index in [2.05, 4.69) is 41.5 Å². The molecule has 3 fully saturated rings. The first-order chi connectivity index (χ1) is 37.8. The zero-order chi connectivity index (χ0) is 60.6. The normalized spacial score (nSPS) is 25.9. The van der Waals surface area contributed by atoms with Crippen LogP contribution in [-0.2, 0) is 82.4 Å². The lowest BCUT2D eigenvalue weighted by Gasteiger charge is -2.51. The van der Waals surface area contributed by atoms with Crippen LogP contribution in [0, 0.1) is 28.6 Å². The third kappa shape index (κ3) is 20.1. The van der Waals surface area contributed by atoms with Crippen molar-refractivity contribution in [3.63, 3.8) is 0 Å². The molecule has 458 valence electrons. The zero-order valence-corrected chi connectivity index (χ0v) is 52.9. The van der Waals surface area contributed by atoms with Crippen LogP contribution < -0.4 is 0 Å². The fraction of sp³-hybridized carbons (Fsp3) is 0.742. The fourth-order valence-electron chi connectivity index (χ4n) is 10.8. The van der Waals surface area contributed by atoms with E-state index in [0.717, 1.165) is 37.3 Å². The molecule has 1 aromatic carbocycles. The molecule has 19 heteroatoms. The van der Waals surface area contributed by atoms with Crippen LogP contribution in [0.1, 0.15) is 166 Å². The minimum Gasteiger partial charge on any atom is -0.466 e. The molecule has 17 nitrogen and oxygen atoms in total. The molecule has 1 N–H and O–H groups in total. The molecule has 4 rings (SSSR count). The molecule has 0 aromatic heterocycles. The molecule has 1 aliphatic carbocycles. The van der Waals surface area contributed by atoms with Crippen LogP contribution in [0.5, 0.6) is 0 Å². The molecule has 0 radical (unpaired) electrons. The molecule has 11 atom stereocenters. The van der Waals surface area contributed by atoms with Crippen molar-refractivity contribution >= 4 is 56.1 Å². The second-order valence-corrected chi connectivity index (χ2v) is 30.6. The average Bonchev–Trinajstić information content (AvgIpc) is 3.44. The maximum Gasteiger partial charge on any atom is 0.330 e. The van der Waals surface area contributed by atoms with Crippen molar-refractivity contribution in [3.05, 3.63) is 59.7 Å². The molecular weight excluding hydrogens is 1080 g/mol. The number of halogens is 1. The number of hydrogen-bond donors (Lipinski definition) is 1. The number of carbonyl (C=O) groups excluding carboxylic acids is 6. The van der Waals surface area contributed by atoms with E-state index in [1.807, 2.05) is 57.3 Å². The van der Waals surface area contributed by atoms with Gasteiger partial charge in [-0.2, -0.15) is 0 Å². The minimum absolute atomic E-state index is 0.0587. The Labute approximate surface area is 488 Å². The molecule has 1 spiro atoms. The number of methoxy groups -OCH3 is 1. The SMILES string of the molecule is CCC(=O)O[C@H]1/C(=C/C(=O)OC)C[C@@H](C[C@@H](OC(=O)C[C@@H](CC(=O)O[C@@H](CCC[C@@H]2CCOC3(C[C@H](C)CC[C@H]3C(C)C)O2)C(C)(C)COC(=O)CCl)O[Si](C)(C)C(C)(C)C)[C@@H](C)OCc2ccccc2)O[C@@]1(O)C(C)(C)/C=C/C=O. The molecule has 1 aromatic rings. The van der Waals surface area contributed by atoms with Crippen LogP contribution in [0.3, 0.4) is 0 Å². The summed E-state index contributed by atoms with van der Waals surface area (Å²) in [5.41, 5.74) is -1.27. The third-order valence-corrected chi connectivity index (χ3v) is 21.5. The van der Waals surface area contributed by atoms with E-state index in [4.69, 9.17) is 58.7 Å². The van der Waals surface area contributed by atoms with Crippen LogP contribution in [0.25, 0.3) is 0 Å². The van der Waals surface area contributed by atoms with Gasteiger partial charge in [-0.05, 0) is 92.6 Å². The van der Waals surface area contributed by atoms with Crippen LogP contribution >= 0.6 is 11.6 Å². The highest BCUT2D eigenvalue weighted by Crippen LogP contribution is 2.49. The Morgan fingerprint density at radius 1 is 0.901 bits per heavy atom. The van der Waals surface area contributed by atoms with Gasteiger partial charge in [0.1, 0.15) is 24.4 Å². The molecule has 81 heavy (non-hydrogen) atoms. The highest BCUT2D eigenvalue weighted by Gasteiger charge is 2.58. The predicted molar refractivity (Wildman–Crippen MR) is 309 cm³/mol. The monoisotopic (exact) mass is 1180 g/mol. The minimum atomic E-state index is -2.71. The lowest BCUT2D eigenvalue weighted by Crippen LogP contribution is -2.62. The maximum atomic E-state index is 14.7. The van der Waals surface area contributed by atoms with Gasteiger partial charge in [0.05, 0.1) is 64.2 Å². The number of rotatable bonds is 29. The van der Waals surface area contributed by atoms with Gasteiger partial charge in [0.2, 0.25) is 5.79 Å². The van der Waals surface area contributed by atoms with Crippen LogP contribution in [-0.4, -0.2) is 130 Å². The quantitative estimate of drug-likeness (QED) is 0.0197. The Hall–Kier alpha value is -4.01. The smallest absolute Gasteiger partial charge is 0.330 e. The summed E-state index contributed by atoms with van der Waals surface area (Å²) in [5.74, 6) is -5.60. The third-order valence-electron chi connectivity index (χ3n) is 16.7. The number of esters is 5. The van der Waals surface area contributed by atoms with E-state index in [-0.39, 0.29) is 73.8 Å². The Bertz CT molecular complexity index is 2280. The molecule has 3 aliphatic rings. The van der Waals surface area contributed by atoms with Gasteiger partial charge in [-0.3, -0.25) is 24.0 Å². The van der Waals surface area contributed by atoms with Gasteiger partial charge in [-0.15, -0.1) is 11.6 Å². The van der Waals surface area contributed by atoms with Gasteiger partial charge in [0.15, 0.2) is 20.2 Å². The van der Waals surface area contributed by atoms with Gasteiger partial charge < -0.3 is 52.2 Å². The number of allylic oxidation sites excluding steroid dienone is 1. The van der Waals surface area contributed by atoms with E-state index in [0.29, 0.717) is 44.0 Å². The molecule has 2 aliphatic heterocycles.